The molecule has 2 heterocycles. The quantitative estimate of drug-likeness (QED) is 0.725. The van der Waals surface area contributed by atoms with Gasteiger partial charge in [-0.05, 0) is 48.4 Å². The maximum absolute atomic E-state index is 13.1. The van der Waals surface area contributed by atoms with E-state index in [4.69, 9.17) is 0 Å². The number of carbonyl (C=O) groups excluding carboxylic acids is 2. The Labute approximate surface area is 187 Å². The number of piperazine rings is 1. The Kier molecular flexibility index (Phi) is 6.42. The van der Waals surface area contributed by atoms with Gasteiger partial charge in [0.25, 0.3) is 0 Å². The number of anilines is 1. The van der Waals surface area contributed by atoms with Gasteiger partial charge in [-0.25, -0.2) is 9.18 Å². The Balaban J connectivity index is 1.48. The molecule has 0 radical (unpaired) electrons. The first-order valence-electron chi connectivity index (χ1n) is 10.8. The highest BCUT2D eigenvalue weighted by molar-refractivity contribution is 5.93. The van der Waals surface area contributed by atoms with Crippen LogP contribution in [0.5, 0.6) is 0 Å². The lowest BCUT2D eigenvalue weighted by molar-refractivity contribution is -0.159. The van der Waals surface area contributed by atoms with Crippen molar-refractivity contribution in [3.8, 4) is 11.8 Å². The average molecular weight is 435 g/mol. The van der Waals surface area contributed by atoms with Crippen LogP contribution in [0.25, 0.3) is 0 Å². The number of rotatable bonds is 4. The van der Waals surface area contributed by atoms with Gasteiger partial charge in [-0.2, -0.15) is 0 Å². The highest BCUT2D eigenvalue weighted by Gasteiger charge is 2.54. The second-order valence-corrected chi connectivity index (χ2v) is 8.14. The number of hydrogen-bond acceptors (Lipinski definition) is 3. The minimum absolute atomic E-state index is 0.0568. The third-order valence-corrected chi connectivity index (χ3v) is 6.04. The fraction of sp³-hybridized carbons (Fsp3) is 0.360. The molecule has 0 spiro atoms. The Bertz CT molecular complexity index is 1040. The number of carbonyl (C=O) groups is 2. The summed E-state index contributed by atoms with van der Waals surface area (Å²) in [6.45, 7) is 2.26. The number of aliphatic hydroxyl groups is 1. The van der Waals surface area contributed by atoms with Crippen LogP contribution < -0.4 is 5.32 Å². The van der Waals surface area contributed by atoms with Crippen molar-refractivity contribution in [3.05, 3.63) is 65.5 Å². The number of aliphatic hydroxyl groups excluding tert-OH is 1. The first kappa shape index (κ1) is 21.8. The molecule has 2 fully saturated rings. The molecule has 0 aliphatic carbocycles. The molecule has 32 heavy (non-hydrogen) atoms. The van der Waals surface area contributed by atoms with Crippen molar-refractivity contribution in [3.63, 3.8) is 0 Å². The summed E-state index contributed by atoms with van der Waals surface area (Å²) in [5.41, 5.74) is 2.41. The topological polar surface area (TPSA) is 72.9 Å². The number of amides is 3. The molecule has 2 aliphatic heterocycles. The maximum Gasteiger partial charge on any atom is 0.322 e. The van der Waals surface area contributed by atoms with Gasteiger partial charge in [0.2, 0.25) is 5.91 Å². The molecule has 3 atom stereocenters. The summed E-state index contributed by atoms with van der Waals surface area (Å²) < 4.78 is 13.1. The van der Waals surface area contributed by atoms with Crippen molar-refractivity contribution < 1.29 is 19.1 Å². The van der Waals surface area contributed by atoms with E-state index in [0.29, 0.717) is 12.2 Å². The smallest absolute Gasteiger partial charge is 0.322 e. The number of nitrogens with zero attached hydrogens (tertiary/aromatic N) is 2. The van der Waals surface area contributed by atoms with Gasteiger partial charge in [-0.3, -0.25) is 4.79 Å². The van der Waals surface area contributed by atoms with Crippen molar-refractivity contribution >= 4 is 17.6 Å². The maximum atomic E-state index is 13.1. The number of benzene rings is 2. The van der Waals surface area contributed by atoms with Gasteiger partial charge in [0.1, 0.15) is 12.4 Å². The molecular formula is C25H26FN3O3. The number of urea groups is 1. The van der Waals surface area contributed by atoms with E-state index in [1.165, 1.54) is 29.2 Å². The Hall–Kier alpha value is -3.37. The third kappa shape index (κ3) is 4.32. The molecule has 6 nitrogen and oxygen atoms in total. The van der Waals surface area contributed by atoms with Gasteiger partial charge < -0.3 is 20.2 Å². The molecule has 7 heteroatoms. The van der Waals surface area contributed by atoms with Crippen LogP contribution >= 0.6 is 0 Å². The minimum Gasteiger partial charge on any atom is -0.394 e. The summed E-state index contributed by atoms with van der Waals surface area (Å²) in [7, 11) is 0. The SMILES string of the molecule is CCCC#Cc1ccc([C@H]2[C@@H](CO)N3C(=O)CN(C(=O)Nc4ccc(F)cc4)C[C@H]23)cc1. The monoisotopic (exact) mass is 435 g/mol. The predicted octanol–water partition coefficient (Wildman–Crippen LogP) is 3.18. The molecule has 4 rings (SSSR count). The molecule has 2 aliphatic rings. The van der Waals surface area contributed by atoms with Gasteiger partial charge in [0.15, 0.2) is 0 Å². The van der Waals surface area contributed by atoms with Crippen LogP contribution in [-0.2, 0) is 4.79 Å². The van der Waals surface area contributed by atoms with Crippen LogP contribution in [0.15, 0.2) is 48.5 Å². The first-order valence-corrected chi connectivity index (χ1v) is 10.8. The first-order chi connectivity index (χ1) is 15.5. The molecule has 2 aromatic carbocycles. The zero-order valence-electron chi connectivity index (χ0n) is 17.9. The zero-order chi connectivity index (χ0) is 22.7. The molecule has 2 N–H and O–H groups in total. The summed E-state index contributed by atoms with van der Waals surface area (Å²) >= 11 is 0. The van der Waals surface area contributed by atoms with Crippen molar-refractivity contribution in [2.45, 2.75) is 37.8 Å². The van der Waals surface area contributed by atoms with E-state index in [1.807, 2.05) is 24.3 Å². The standard InChI is InChI=1S/C25H26FN3O3/c1-2-3-4-5-17-6-8-18(9-7-17)24-21-14-28(15-23(31)29(21)22(24)16-30)25(32)27-20-12-10-19(26)11-13-20/h6-13,21-22,24,30H,2-3,14-16H2,1H3,(H,27,32)/t21-,22-,24-/m1/s1. The van der Waals surface area contributed by atoms with Gasteiger partial charge in [-0.1, -0.05) is 30.9 Å². The van der Waals surface area contributed by atoms with Crippen LogP contribution in [-0.4, -0.2) is 58.6 Å². The minimum atomic E-state index is -0.405. The Morgan fingerprint density at radius 3 is 2.56 bits per heavy atom. The fourth-order valence-electron chi connectivity index (χ4n) is 4.47. The molecule has 0 aromatic heterocycles. The molecule has 2 saturated heterocycles. The molecule has 0 unspecified atom stereocenters. The number of fused-ring (bicyclic) bond motifs is 1. The Morgan fingerprint density at radius 1 is 1.19 bits per heavy atom. The van der Waals surface area contributed by atoms with Gasteiger partial charge in [0.05, 0.1) is 18.7 Å². The second-order valence-electron chi connectivity index (χ2n) is 8.14. The van der Waals surface area contributed by atoms with Crippen molar-refractivity contribution in [2.24, 2.45) is 0 Å². The summed E-state index contributed by atoms with van der Waals surface area (Å²) in [5.74, 6) is 5.62. The van der Waals surface area contributed by atoms with Gasteiger partial charge >= 0.3 is 6.03 Å². The summed E-state index contributed by atoms with van der Waals surface area (Å²) in [4.78, 5) is 28.6. The van der Waals surface area contributed by atoms with Crippen LogP contribution in [0, 0.1) is 17.7 Å². The fourth-order valence-corrected chi connectivity index (χ4v) is 4.47. The van der Waals surface area contributed by atoms with E-state index in [-0.39, 0.29) is 42.9 Å². The normalized spacial score (nSPS) is 21.8. The second kappa shape index (κ2) is 9.41. The van der Waals surface area contributed by atoms with Crippen molar-refractivity contribution in [2.75, 3.05) is 25.0 Å². The molecule has 3 amide bonds. The van der Waals surface area contributed by atoms with E-state index in [9.17, 15) is 19.1 Å². The molecule has 0 bridgehead atoms. The largest absolute Gasteiger partial charge is 0.394 e. The average Bonchev–Trinajstić information content (AvgIpc) is 2.78. The molecule has 166 valence electrons. The molecule has 2 aromatic rings. The summed E-state index contributed by atoms with van der Waals surface area (Å²) in [6.07, 6.45) is 1.87. The van der Waals surface area contributed by atoms with Gasteiger partial charge in [0, 0.05) is 30.1 Å². The predicted molar refractivity (Wildman–Crippen MR) is 119 cm³/mol. The summed E-state index contributed by atoms with van der Waals surface area (Å²) in [5, 5.41) is 12.6. The van der Waals surface area contributed by atoms with Crippen molar-refractivity contribution in [1.29, 1.82) is 0 Å². The van der Waals surface area contributed by atoms with Gasteiger partial charge in [-0.15, -0.1) is 0 Å². The third-order valence-electron chi connectivity index (χ3n) is 6.04. The Morgan fingerprint density at radius 2 is 1.91 bits per heavy atom. The van der Waals surface area contributed by atoms with E-state index >= 15 is 0 Å². The molecule has 0 saturated carbocycles. The van der Waals surface area contributed by atoms with Crippen LogP contribution in [0.3, 0.4) is 0 Å². The lowest BCUT2D eigenvalue weighted by Crippen LogP contribution is -2.73. The van der Waals surface area contributed by atoms with E-state index in [2.05, 4.69) is 24.1 Å². The highest BCUT2D eigenvalue weighted by atomic mass is 19.1. The summed E-state index contributed by atoms with van der Waals surface area (Å²) in [6, 6.07) is 12.5. The van der Waals surface area contributed by atoms with Crippen LogP contribution in [0.2, 0.25) is 0 Å². The van der Waals surface area contributed by atoms with E-state index < -0.39 is 6.03 Å². The number of halogens is 1. The molecular weight excluding hydrogens is 409 g/mol. The van der Waals surface area contributed by atoms with Crippen molar-refractivity contribution in [1.82, 2.24) is 9.80 Å². The van der Waals surface area contributed by atoms with E-state index in [1.54, 1.807) is 4.90 Å². The van der Waals surface area contributed by atoms with Crippen LogP contribution in [0.4, 0.5) is 14.9 Å². The lowest BCUT2D eigenvalue weighted by Gasteiger charge is -2.58. The number of nitrogens with one attached hydrogen (secondary N) is 1. The van der Waals surface area contributed by atoms with Crippen LogP contribution in [0.1, 0.15) is 36.8 Å². The number of unbranched alkanes of at least 4 members (excludes halogenated alkanes) is 1. The number of hydrogen-bond donors (Lipinski definition) is 2. The lowest BCUT2D eigenvalue weighted by atomic mass is 9.73. The zero-order valence-corrected chi connectivity index (χ0v) is 17.9. The van der Waals surface area contributed by atoms with E-state index in [0.717, 1.165) is 24.0 Å². The highest BCUT2D eigenvalue weighted by Crippen LogP contribution is 2.43.